The quantitative estimate of drug-likeness (QED) is 0.767. The molecule has 0 fully saturated rings. The molecule has 0 saturated carbocycles. The number of hydrogen-bond donors (Lipinski definition) is 0. The van der Waals surface area contributed by atoms with E-state index >= 15 is 0 Å². The van der Waals surface area contributed by atoms with Gasteiger partial charge in [-0.05, 0) is 24.1 Å². The average molecular weight is 265 g/mol. The zero-order chi connectivity index (χ0) is 12.8. The first-order valence-corrected chi connectivity index (χ1v) is 5.20. The van der Waals surface area contributed by atoms with Crippen molar-refractivity contribution in [2.75, 3.05) is 7.11 Å². The van der Waals surface area contributed by atoms with Gasteiger partial charge in [0.05, 0.1) is 12.1 Å². The molecule has 0 bridgehead atoms. The second-order valence-electron chi connectivity index (χ2n) is 3.22. The van der Waals surface area contributed by atoms with Gasteiger partial charge in [0.2, 0.25) is 0 Å². The minimum absolute atomic E-state index is 0.0801. The Hall–Kier alpha value is -1.36. The van der Waals surface area contributed by atoms with E-state index in [1.54, 1.807) is 6.07 Å². The first kappa shape index (κ1) is 13.7. The summed E-state index contributed by atoms with van der Waals surface area (Å²) in [5.41, 5.74) is 0.752. The van der Waals surface area contributed by atoms with Gasteiger partial charge in [0.1, 0.15) is 5.75 Å². The Morgan fingerprint density at radius 1 is 1.47 bits per heavy atom. The number of ether oxygens (including phenoxy) is 2. The fourth-order valence-electron chi connectivity index (χ4n) is 1.24. The van der Waals surface area contributed by atoms with Gasteiger partial charge < -0.3 is 9.47 Å². The first-order valence-electron chi connectivity index (χ1n) is 4.83. The second-order valence-corrected chi connectivity index (χ2v) is 3.63. The third kappa shape index (κ3) is 4.56. The molecule has 1 rings (SSSR count). The molecule has 0 heterocycles. The molecule has 0 radical (unpaired) electrons. The van der Waals surface area contributed by atoms with Gasteiger partial charge in [0.15, 0.2) is 0 Å². The van der Waals surface area contributed by atoms with Gasteiger partial charge in [-0.25, -0.2) is 0 Å². The maximum absolute atomic E-state index is 12.0. The molecule has 0 aliphatic carbocycles. The molecule has 0 amide bonds. The number of rotatable bonds is 5. The van der Waals surface area contributed by atoms with E-state index in [4.69, 9.17) is 11.6 Å². The molecule has 3 nitrogen and oxygen atoms in total. The van der Waals surface area contributed by atoms with Crippen molar-refractivity contribution in [3.8, 4) is 5.75 Å². The van der Waals surface area contributed by atoms with E-state index in [1.165, 1.54) is 19.2 Å². The lowest BCUT2D eigenvalue weighted by atomic mass is 10.1. The highest BCUT2D eigenvalue weighted by atomic mass is 35.5. The summed E-state index contributed by atoms with van der Waals surface area (Å²) in [4.78, 5) is 10.9. The second kappa shape index (κ2) is 6.39. The molecule has 1 aromatic carbocycles. The lowest BCUT2D eigenvalue weighted by Gasteiger charge is -2.08. The number of hydrogen-bond acceptors (Lipinski definition) is 3. The van der Waals surface area contributed by atoms with E-state index in [0.29, 0.717) is 6.42 Å². The lowest BCUT2D eigenvalue weighted by molar-refractivity contribution is -0.140. The van der Waals surface area contributed by atoms with Crippen LogP contribution in [0.1, 0.15) is 12.0 Å². The highest BCUT2D eigenvalue weighted by Gasteiger charge is 2.09. The molecular weight excluding hydrogens is 254 g/mol. The largest absolute Gasteiger partial charge is 0.469 e. The summed E-state index contributed by atoms with van der Waals surface area (Å²) in [6.07, 6.45) is 0.642. The SMILES string of the molecule is COC(=O)CCc1ccc(OC(F)F)c(Cl)c1. The molecule has 0 aliphatic heterocycles. The summed E-state index contributed by atoms with van der Waals surface area (Å²) in [6.45, 7) is -2.91. The van der Waals surface area contributed by atoms with E-state index in [9.17, 15) is 13.6 Å². The molecule has 0 N–H and O–H groups in total. The smallest absolute Gasteiger partial charge is 0.387 e. The topological polar surface area (TPSA) is 35.5 Å². The number of alkyl halides is 2. The summed E-state index contributed by atoms with van der Waals surface area (Å²) in [6, 6.07) is 4.41. The highest BCUT2D eigenvalue weighted by molar-refractivity contribution is 6.32. The molecule has 17 heavy (non-hydrogen) atoms. The van der Waals surface area contributed by atoms with Crippen molar-refractivity contribution in [2.45, 2.75) is 19.5 Å². The number of aryl methyl sites for hydroxylation is 1. The van der Waals surface area contributed by atoms with Crippen LogP contribution in [0.3, 0.4) is 0 Å². The summed E-state index contributed by atoms with van der Waals surface area (Å²) in [7, 11) is 1.30. The predicted molar refractivity (Wildman–Crippen MR) is 58.4 cm³/mol. The molecule has 0 aliphatic rings. The van der Waals surface area contributed by atoms with E-state index in [2.05, 4.69) is 9.47 Å². The number of halogens is 3. The Morgan fingerprint density at radius 2 is 2.18 bits per heavy atom. The fraction of sp³-hybridized carbons (Fsp3) is 0.364. The molecule has 94 valence electrons. The molecule has 0 saturated heterocycles. The molecular formula is C11H11ClF2O3. The average Bonchev–Trinajstić information content (AvgIpc) is 2.28. The normalized spacial score (nSPS) is 10.4. The van der Waals surface area contributed by atoms with Crippen LogP contribution in [0.5, 0.6) is 5.75 Å². The van der Waals surface area contributed by atoms with Gasteiger partial charge in [0, 0.05) is 6.42 Å². The van der Waals surface area contributed by atoms with Crippen LogP contribution in [0.4, 0.5) is 8.78 Å². The van der Waals surface area contributed by atoms with E-state index in [0.717, 1.165) is 5.56 Å². The van der Waals surface area contributed by atoms with Crippen LogP contribution in [0, 0.1) is 0 Å². The number of carbonyl (C=O) groups excluding carboxylic acids is 1. The zero-order valence-electron chi connectivity index (χ0n) is 9.08. The van der Waals surface area contributed by atoms with Crippen molar-refractivity contribution in [1.29, 1.82) is 0 Å². The van der Waals surface area contributed by atoms with Crippen molar-refractivity contribution in [2.24, 2.45) is 0 Å². The van der Waals surface area contributed by atoms with Crippen molar-refractivity contribution in [3.05, 3.63) is 28.8 Å². The van der Waals surface area contributed by atoms with E-state index in [-0.39, 0.29) is 23.2 Å². The Balaban J connectivity index is 2.65. The minimum Gasteiger partial charge on any atom is -0.469 e. The van der Waals surface area contributed by atoms with Crippen LogP contribution < -0.4 is 4.74 Å². The van der Waals surface area contributed by atoms with Crippen LogP contribution in [0.25, 0.3) is 0 Å². The number of carbonyl (C=O) groups is 1. The molecule has 0 aromatic heterocycles. The van der Waals surface area contributed by atoms with Crippen LogP contribution in [-0.2, 0) is 16.0 Å². The minimum atomic E-state index is -2.91. The number of benzene rings is 1. The van der Waals surface area contributed by atoms with Crippen LogP contribution in [0.2, 0.25) is 5.02 Å². The third-order valence-corrected chi connectivity index (χ3v) is 2.35. The highest BCUT2D eigenvalue weighted by Crippen LogP contribution is 2.27. The van der Waals surface area contributed by atoms with Gasteiger partial charge >= 0.3 is 12.6 Å². The number of methoxy groups -OCH3 is 1. The Morgan fingerprint density at radius 3 is 2.71 bits per heavy atom. The predicted octanol–water partition coefficient (Wildman–Crippen LogP) is 3.05. The molecule has 1 aromatic rings. The monoisotopic (exact) mass is 264 g/mol. The molecule has 0 atom stereocenters. The fourth-order valence-corrected chi connectivity index (χ4v) is 1.49. The molecule has 6 heteroatoms. The standard InChI is InChI=1S/C11H11ClF2O3/c1-16-10(15)5-3-7-2-4-9(8(12)6-7)17-11(13)14/h2,4,6,11H,3,5H2,1H3. The Labute approximate surface area is 102 Å². The molecule has 0 unspecified atom stereocenters. The number of esters is 1. The zero-order valence-corrected chi connectivity index (χ0v) is 9.84. The van der Waals surface area contributed by atoms with Crippen molar-refractivity contribution in [1.82, 2.24) is 0 Å². The Kier molecular flexibility index (Phi) is 5.15. The maximum Gasteiger partial charge on any atom is 0.387 e. The third-order valence-electron chi connectivity index (χ3n) is 2.06. The summed E-state index contributed by atoms with van der Waals surface area (Å²) < 4.78 is 32.6. The van der Waals surface area contributed by atoms with E-state index < -0.39 is 6.61 Å². The van der Waals surface area contributed by atoms with Gasteiger partial charge in [-0.3, -0.25) is 4.79 Å². The van der Waals surface area contributed by atoms with Gasteiger partial charge in [-0.1, -0.05) is 17.7 Å². The Bertz CT molecular complexity index is 396. The van der Waals surface area contributed by atoms with Gasteiger partial charge in [0.25, 0.3) is 0 Å². The van der Waals surface area contributed by atoms with Gasteiger partial charge in [-0.2, -0.15) is 8.78 Å². The van der Waals surface area contributed by atoms with Crippen molar-refractivity contribution in [3.63, 3.8) is 0 Å². The van der Waals surface area contributed by atoms with Crippen molar-refractivity contribution < 1.29 is 23.0 Å². The summed E-state index contributed by atoms with van der Waals surface area (Å²) >= 11 is 5.75. The summed E-state index contributed by atoms with van der Waals surface area (Å²) in [5.74, 6) is -0.419. The van der Waals surface area contributed by atoms with Gasteiger partial charge in [-0.15, -0.1) is 0 Å². The van der Waals surface area contributed by atoms with E-state index in [1.807, 2.05) is 0 Å². The lowest BCUT2D eigenvalue weighted by Crippen LogP contribution is -2.04. The first-order chi connectivity index (χ1) is 8.02. The van der Waals surface area contributed by atoms with Crippen LogP contribution >= 0.6 is 11.6 Å². The van der Waals surface area contributed by atoms with Crippen molar-refractivity contribution >= 4 is 17.6 Å². The molecule has 0 spiro atoms. The van der Waals surface area contributed by atoms with Crippen LogP contribution in [0.15, 0.2) is 18.2 Å². The van der Waals surface area contributed by atoms with Crippen LogP contribution in [-0.4, -0.2) is 19.7 Å². The summed E-state index contributed by atoms with van der Waals surface area (Å²) in [5, 5.41) is 0.0904. The maximum atomic E-state index is 12.0.